The predicted molar refractivity (Wildman–Crippen MR) is 61.0 cm³/mol. The molecule has 2 aromatic heterocycles. The highest BCUT2D eigenvalue weighted by atomic mass is 32.1. The summed E-state index contributed by atoms with van der Waals surface area (Å²) in [5.74, 6) is 0.785. The minimum atomic E-state index is -0.473. The molecule has 2 aromatic rings. The molecule has 2 heterocycles. The fourth-order valence-electron chi connectivity index (χ4n) is 1.39. The number of nitro groups is 1. The van der Waals surface area contributed by atoms with E-state index in [2.05, 4.69) is 15.3 Å². The average molecular weight is 254 g/mol. The molecule has 0 aliphatic heterocycles. The summed E-state index contributed by atoms with van der Waals surface area (Å²) in [5, 5.41) is 21.1. The lowest BCUT2D eigenvalue weighted by atomic mass is 10.4. The highest BCUT2D eigenvalue weighted by Gasteiger charge is 2.09. The molecule has 0 fully saturated rings. The predicted octanol–water partition coefficient (Wildman–Crippen LogP) is 0.825. The number of rotatable bonds is 4. The molecule has 0 saturated carbocycles. The third-order valence-corrected chi connectivity index (χ3v) is 2.73. The van der Waals surface area contributed by atoms with Crippen molar-refractivity contribution >= 4 is 17.9 Å². The van der Waals surface area contributed by atoms with E-state index in [1.54, 1.807) is 4.57 Å². The zero-order valence-corrected chi connectivity index (χ0v) is 9.85. The van der Waals surface area contributed by atoms with Crippen LogP contribution in [0.3, 0.4) is 0 Å². The van der Waals surface area contributed by atoms with Crippen molar-refractivity contribution < 1.29 is 4.92 Å². The second-order valence-electron chi connectivity index (χ2n) is 3.47. The van der Waals surface area contributed by atoms with Gasteiger partial charge in [-0.15, -0.1) is 0 Å². The first kappa shape index (κ1) is 11.5. The zero-order valence-electron chi connectivity index (χ0n) is 9.03. The Bertz CT molecular complexity index is 597. The van der Waals surface area contributed by atoms with E-state index in [1.807, 2.05) is 7.05 Å². The number of aryl methyl sites for hydroxylation is 2. The molecule has 0 saturated heterocycles. The Morgan fingerprint density at radius 1 is 1.65 bits per heavy atom. The lowest BCUT2D eigenvalue weighted by molar-refractivity contribution is -0.385. The topological polar surface area (TPSA) is 94.6 Å². The molecule has 8 nitrogen and oxygen atoms in total. The maximum atomic E-state index is 10.5. The van der Waals surface area contributed by atoms with Gasteiger partial charge in [0.05, 0.1) is 4.92 Å². The van der Waals surface area contributed by atoms with E-state index in [4.69, 9.17) is 12.2 Å². The van der Waals surface area contributed by atoms with Gasteiger partial charge >= 0.3 is 5.69 Å². The number of H-pyrrole nitrogens is 1. The number of nitrogens with one attached hydrogen (secondary N) is 1. The molecule has 0 amide bonds. The maximum absolute atomic E-state index is 10.5. The van der Waals surface area contributed by atoms with Gasteiger partial charge in [-0.1, -0.05) is 0 Å². The van der Waals surface area contributed by atoms with Crippen LogP contribution in [0.2, 0.25) is 0 Å². The van der Waals surface area contributed by atoms with Crippen molar-refractivity contribution in [3.63, 3.8) is 0 Å². The SMILES string of the molecule is Cn1c(CCn2cc([N+](=O)[O-])cn2)n[nH]c1=S. The third kappa shape index (κ3) is 2.38. The molecule has 0 unspecified atom stereocenters. The van der Waals surface area contributed by atoms with Gasteiger partial charge in [0.1, 0.15) is 18.2 Å². The van der Waals surface area contributed by atoms with Gasteiger partial charge in [0.2, 0.25) is 0 Å². The summed E-state index contributed by atoms with van der Waals surface area (Å²) >= 11 is 4.98. The summed E-state index contributed by atoms with van der Waals surface area (Å²) in [6, 6.07) is 0. The van der Waals surface area contributed by atoms with Crippen LogP contribution < -0.4 is 0 Å². The quantitative estimate of drug-likeness (QED) is 0.495. The Balaban J connectivity index is 2.05. The number of hydrogen-bond donors (Lipinski definition) is 1. The second kappa shape index (κ2) is 4.45. The molecule has 17 heavy (non-hydrogen) atoms. The first-order valence-corrected chi connectivity index (χ1v) is 5.26. The highest BCUT2D eigenvalue weighted by molar-refractivity contribution is 7.71. The van der Waals surface area contributed by atoms with Crippen LogP contribution in [0.25, 0.3) is 0 Å². The van der Waals surface area contributed by atoms with Gasteiger partial charge in [-0.25, -0.2) is 0 Å². The summed E-state index contributed by atoms with van der Waals surface area (Å²) in [5.41, 5.74) is -0.0136. The monoisotopic (exact) mass is 254 g/mol. The van der Waals surface area contributed by atoms with Crippen LogP contribution in [0, 0.1) is 14.9 Å². The minimum absolute atomic E-state index is 0.0136. The van der Waals surface area contributed by atoms with Gasteiger partial charge in [-0.3, -0.25) is 19.9 Å². The minimum Gasteiger partial charge on any atom is -0.307 e. The van der Waals surface area contributed by atoms with E-state index >= 15 is 0 Å². The van der Waals surface area contributed by atoms with Gasteiger partial charge in [0, 0.05) is 20.0 Å². The Morgan fingerprint density at radius 3 is 2.94 bits per heavy atom. The largest absolute Gasteiger partial charge is 0.307 e. The lowest BCUT2D eigenvalue weighted by Gasteiger charge is -2.00. The van der Waals surface area contributed by atoms with Crippen molar-refractivity contribution in [3.05, 3.63) is 33.1 Å². The Hall–Kier alpha value is -2.03. The van der Waals surface area contributed by atoms with Crippen molar-refractivity contribution in [3.8, 4) is 0 Å². The number of aromatic amines is 1. The second-order valence-corrected chi connectivity index (χ2v) is 3.86. The molecular formula is C8H10N6O2S. The molecule has 9 heteroatoms. The van der Waals surface area contributed by atoms with E-state index in [1.165, 1.54) is 17.1 Å². The number of aromatic nitrogens is 5. The Labute approximate surface area is 101 Å². The van der Waals surface area contributed by atoms with Crippen LogP contribution in [-0.4, -0.2) is 29.5 Å². The van der Waals surface area contributed by atoms with Crippen LogP contribution in [0.4, 0.5) is 5.69 Å². The maximum Gasteiger partial charge on any atom is 0.306 e. The molecule has 0 bridgehead atoms. The first-order chi connectivity index (χ1) is 8.08. The molecule has 0 spiro atoms. The van der Waals surface area contributed by atoms with Crippen LogP contribution in [0.5, 0.6) is 0 Å². The smallest absolute Gasteiger partial charge is 0.306 e. The standard InChI is InChI=1S/C8H10N6O2S/c1-12-7(10-11-8(12)17)2-3-13-5-6(4-9-13)14(15)16/h4-5H,2-3H2,1H3,(H,11,17). The number of nitrogens with zero attached hydrogens (tertiary/aromatic N) is 5. The van der Waals surface area contributed by atoms with E-state index in [9.17, 15) is 10.1 Å². The van der Waals surface area contributed by atoms with Crippen molar-refractivity contribution in [1.82, 2.24) is 24.5 Å². The van der Waals surface area contributed by atoms with Gasteiger partial charge in [-0.2, -0.15) is 10.2 Å². The molecular weight excluding hydrogens is 244 g/mol. The van der Waals surface area contributed by atoms with Crippen LogP contribution in [0.1, 0.15) is 5.82 Å². The van der Waals surface area contributed by atoms with Gasteiger partial charge in [0.25, 0.3) is 0 Å². The van der Waals surface area contributed by atoms with E-state index in [-0.39, 0.29) is 5.69 Å². The van der Waals surface area contributed by atoms with Crippen molar-refractivity contribution in [2.45, 2.75) is 13.0 Å². The summed E-state index contributed by atoms with van der Waals surface area (Å²) < 4.78 is 3.81. The molecule has 0 radical (unpaired) electrons. The molecule has 0 atom stereocenters. The summed E-state index contributed by atoms with van der Waals surface area (Å²) in [6.07, 6.45) is 3.22. The average Bonchev–Trinajstić information content (AvgIpc) is 2.86. The van der Waals surface area contributed by atoms with Gasteiger partial charge in [-0.05, 0) is 12.2 Å². The molecule has 90 valence electrons. The Kier molecular flexibility index (Phi) is 3.00. The van der Waals surface area contributed by atoms with E-state index in [0.717, 1.165) is 5.82 Å². The van der Waals surface area contributed by atoms with Gasteiger partial charge < -0.3 is 4.57 Å². The molecule has 1 N–H and O–H groups in total. The van der Waals surface area contributed by atoms with Crippen LogP contribution in [-0.2, 0) is 20.0 Å². The summed E-state index contributed by atoms with van der Waals surface area (Å²) in [4.78, 5) is 9.99. The van der Waals surface area contributed by atoms with Crippen molar-refractivity contribution in [1.29, 1.82) is 0 Å². The van der Waals surface area contributed by atoms with Gasteiger partial charge in [0.15, 0.2) is 4.77 Å². The Morgan fingerprint density at radius 2 is 2.41 bits per heavy atom. The third-order valence-electron chi connectivity index (χ3n) is 2.37. The van der Waals surface area contributed by atoms with E-state index in [0.29, 0.717) is 17.7 Å². The van der Waals surface area contributed by atoms with Crippen LogP contribution >= 0.6 is 12.2 Å². The summed E-state index contributed by atoms with van der Waals surface area (Å²) in [7, 11) is 1.81. The summed E-state index contributed by atoms with van der Waals surface area (Å²) in [6.45, 7) is 0.515. The highest BCUT2D eigenvalue weighted by Crippen LogP contribution is 2.08. The first-order valence-electron chi connectivity index (χ1n) is 4.85. The molecule has 2 rings (SSSR count). The number of hydrogen-bond acceptors (Lipinski definition) is 5. The molecule has 0 aliphatic carbocycles. The lowest BCUT2D eigenvalue weighted by Crippen LogP contribution is -2.06. The fraction of sp³-hybridized carbons (Fsp3) is 0.375. The van der Waals surface area contributed by atoms with Crippen LogP contribution in [0.15, 0.2) is 12.4 Å². The zero-order chi connectivity index (χ0) is 12.4. The fourth-order valence-corrected chi connectivity index (χ4v) is 1.54. The normalized spacial score (nSPS) is 10.6. The van der Waals surface area contributed by atoms with Crippen molar-refractivity contribution in [2.75, 3.05) is 0 Å². The molecule has 0 aromatic carbocycles. The van der Waals surface area contributed by atoms with E-state index < -0.39 is 4.92 Å². The molecule has 0 aliphatic rings. The van der Waals surface area contributed by atoms with Crippen molar-refractivity contribution in [2.24, 2.45) is 7.05 Å².